The van der Waals surface area contributed by atoms with E-state index in [0.717, 1.165) is 0 Å². The molecule has 98 valence electrons. The van der Waals surface area contributed by atoms with Crippen molar-refractivity contribution in [1.29, 1.82) is 0 Å². The van der Waals surface area contributed by atoms with E-state index in [2.05, 4.69) is 16.7 Å². The van der Waals surface area contributed by atoms with Gasteiger partial charge in [0.15, 0.2) is 6.29 Å². The van der Waals surface area contributed by atoms with Gasteiger partial charge in [0.25, 0.3) is 0 Å². The Kier molecular flexibility index (Phi) is 6.65. The van der Waals surface area contributed by atoms with Crippen LogP contribution in [0.4, 0.5) is 4.79 Å². The van der Waals surface area contributed by atoms with Crippen LogP contribution in [0, 0.1) is 5.92 Å². The largest absolute Gasteiger partial charge is 0.354 e. The van der Waals surface area contributed by atoms with Crippen molar-refractivity contribution in [3.8, 4) is 0 Å². The first-order valence-electron chi connectivity index (χ1n) is 6.03. The van der Waals surface area contributed by atoms with Crippen LogP contribution in [0.25, 0.3) is 0 Å². The van der Waals surface area contributed by atoms with Gasteiger partial charge >= 0.3 is 6.03 Å². The molecule has 5 heteroatoms. The molecule has 1 aliphatic rings. The number of hydrogen-bond acceptors (Lipinski definition) is 3. The van der Waals surface area contributed by atoms with Gasteiger partial charge in [-0.25, -0.2) is 4.79 Å². The van der Waals surface area contributed by atoms with Crippen LogP contribution in [0.3, 0.4) is 0 Å². The van der Waals surface area contributed by atoms with Crippen molar-refractivity contribution in [3.63, 3.8) is 0 Å². The smallest absolute Gasteiger partial charge is 0.318 e. The van der Waals surface area contributed by atoms with Crippen LogP contribution in [0.2, 0.25) is 0 Å². The van der Waals surface area contributed by atoms with E-state index >= 15 is 0 Å². The van der Waals surface area contributed by atoms with E-state index in [1.54, 1.807) is 6.20 Å². The highest BCUT2D eigenvalue weighted by Crippen LogP contribution is 2.25. The van der Waals surface area contributed by atoms with Gasteiger partial charge < -0.3 is 20.1 Å². The molecule has 0 aromatic rings. The minimum absolute atomic E-state index is 0.238. The number of methoxy groups -OCH3 is 2. The quantitative estimate of drug-likeness (QED) is 0.696. The highest BCUT2D eigenvalue weighted by molar-refractivity contribution is 5.74. The molecular formula is C12H22N2O3. The maximum absolute atomic E-state index is 11.4. The van der Waals surface area contributed by atoms with Gasteiger partial charge in [0.2, 0.25) is 0 Å². The van der Waals surface area contributed by atoms with Crippen molar-refractivity contribution in [1.82, 2.24) is 10.6 Å². The Morgan fingerprint density at radius 3 is 2.59 bits per heavy atom. The molecule has 17 heavy (non-hydrogen) atoms. The van der Waals surface area contributed by atoms with Crippen LogP contribution in [-0.2, 0) is 9.47 Å². The molecule has 1 saturated carbocycles. The van der Waals surface area contributed by atoms with Crippen molar-refractivity contribution in [2.24, 2.45) is 5.92 Å². The summed E-state index contributed by atoms with van der Waals surface area (Å²) in [5.74, 6) is 0.626. The molecule has 1 aliphatic carbocycles. The third-order valence-electron chi connectivity index (χ3n) is 2.94. The van der Waals surface area contributed by atoms with E-state index < -0.39 is 6.29 Å². The summed E-state index contributed by atoms with van der Waals surface area (Å²) < 4.78 is 9.91. The van der Waals surface area contributed by atoms with Crippen molar-refractivity contribution in [2.45, 2.75) is 32.0 Å². The lowest BCUT2D eigenvalue weighted by atomic mass is 10.1. The van der Waals surface area contributed by atoms with Crippen molar-refractivity contribution < 1.29 is 14.3 Å². The minimum Gasteiger partial charge on any atom is -0.354 e. The molecule has 0 bridgehead atoms. The predicted octanol–water partition coefficient (Wildman–Crippen LogP) is 1.61. The van der Waals surface area contributed by atoms with Crippen LogP contribution < -0.4 is 10.6 Å². The summed E-state index contributed by atoms with van der Waals surface area (Å²) in [5.41, 5.74) is 0. The molecule has 0 radical (unpaired) electrons. The van der Waals surface area contributed by atoms with Crippen molar-refractivity contribution in [3.05, 3.63) is 12.3 Å². The summed E-state index contributed by atoms with van der Waals surface area (Å²) in [6.45, 7) is 0.329. The second-order valence-electron chi connectivity index (χ2n) is 4.16. The number of urea groups is 1. The van der Waals surface area contributed by atoms with E-state index in [-0.39, 0.29) is 6.03 Å². The molecule has 1 fully saturated rings. The number of carbonyl (C=O) groups is 1. The Morgan fingerprint density at radius 2 is 2.00 bits per heavy atom. The molecule has 0 saturated heterocycles. The van der Waals surface area contributed by atoms with Gasteiger partial charge in [0, 0.05) is 20.4 Å². The Bertz CT molecular complexity index is 246. The van der Waals surface area contributed by atoms with Crippen LogP contribution in [0.5, 0.6) is 0 Å². The van der Waals surface area contributed by atoms with Crippen molar-refractivity contribution >= 4 is 6.03 Å². The monoisotopic (exact) mass is 242 g/mol. The Balaban J connectivity index is 2.11. The first-order chi connectivity index (χ1) is 8.26. The molecule has 2 amide bonds. The predicted molar refractivity (Wildman–Crippen MR) is 65.4 cm³/mol. The van der Waals surface area contributed by atoms with E-state index in [9.17, 15) is 4.79 Å². The Morgan fingerprint density at radius 1 is 1.35 bits per heavy atom. The zero-order valence-electron chi connectivity index (χ0n) is 10.6. The molecule has 0 aromatic carbocycles. The SMILES string of the molecule is COC(CNC(=O)N/C=C/C1CCCC1)OC. The molecule has 5 nitrogen and oxygen atoms in total. The fourth-order valence-electron chi connectivity index (χ4n) is 1.90. The fraction of sp³-hybridized carbons (Fsp3) is 0.750. The van der Waals surface area contributed by atoms with E-state index in [4.69, 9.17) is 9.47 Å². The van der Waals surface area contributed by atoms with Gasteiger partial charge in [-0.3, -0.25) is 0 Å². The van der Waals surface area contributed by atoms with E-state index in [1.807, 2.05) is 0 Å². The Hall–Kier alpha value is -1.07. The van der Waals surface area contributed by atoms with Crippen LogP contribution in [0.15, 0.2) is 12.3 Å². The van der Waals surface area contributed by atoms with Crippen molar-refractivity contribution in [2.75, 3.05) is 20.8 Å². The number of amides is 2. The summed E-state index contributed by atoms with van der Waals surface area (Å²) >= 11 is 0. The average Bonchev–Trinajstić information content (AvgIpc) is 2.83. The fourth-order valence-corrected chi connectivity index (χ4v) is 1.90. The van der Waals surface area contributed by atoms with Crippen LogP contribution in [-0.4, -0.2) is 33.1 Å². The number of allylic oxidation sites excluding steroid dienone is 1. The van der Waals surface area contributed by atoms with E-state index in [1.165, 1.54) is 39.9 Å². The number of nitrogens with one attached hydrogen (secondary N) is 2. The third-order valence-corrected chi connectivity index (χ3v) is 2.94. The molecule has 2 N–H and O–H groups in total. The van der Waals surface area contributed by atoms with Gasteiger partial charge in [-0.1, -0.05) is 18.9 Å². The van der Waals surface area contributed by atoms with Crippen LogP contribution in [0.1, 0.15) is 25.7 Å². The van der Waals surface area contributed by atoms with E-state index in [0.29, 0.717) is 12.5 Å². The summed E-state index contributed by atoms with van der Waals surface area (Å²) in [4.78, 5) is 11.4. The van der Waals surface area contributed by atoms with Gasteiger partial charge in [-0.05, 0) is 18.8 Å². The van der Waals surface area contributed by atoms with Gasteiger partial charge in [-0.2, -0.15) is 0 Å². The highest BCUT2D eigenvalue weighted by atomic mass is 16.7. The first-order valence-corrected chi connectivity index (χ1v) is 6.03. The summed E-state index contributed by atoms with van der Waals surface area (Å²) in [5, 5.41) is 5.33. The first kappa shape index (κ1) is 14.0. The minimum atomic E-state index is -0.403. The average molecular weight is 242 g/mol. The lowest BCUT2D eigenvalue weighted by Crippen LogP contribution is -2.38. The molecule has 0 unspecified atom stereocenters. The second-order valence-corrected chi connectivity index (χ2v) is 4.16. The molecule has 0 heterocycles. The second kappa shape index (κ2) is 8.08. The third kappa shape index (κ3) is 5.70. The normalized spacial score (nSPS) is 16.9. The van der Waals surface area contributed by atoms with Crippen LogP contribution >= 0.6 is 0 Å². The Labute approximate surface area is 103 Å². The molecule has 0 spiro atoms. The zero-order valence-corrected chi connectivity index (χ0v) is 10.6. The van der Waals surface area contributed by atoms with Gasteiger partial charge in [0.1, 0.15) is 0 Å². The van der Waals surface area contributed by atoms with Gasteiger partial charge in [-0.15, -0.1) is 0 Å². The maximum atomic E-state index is 11.4. The number of rotatable bonds is 6. The lowest BCUT2D eigenvalue weighted by molar-refractivity contribution is -0.0971. The molecule has 1 rings (SSSR count). The summed E-state index contributed by atoms with van der Waals surface area (Å²) in [6, 6.07) is -0.238. The molecular weight excluding hydrogens is 220 g/mol. The lowest BCUT2D eigenvalue weighted by Gasteiger charge is -2.13. The topological polar surface area (TPSA) is 59.6 Å². The molecule has 0 aliphatic heterocycles. The summed E-state index contributed by atoms with van der Waals surface area (Å²) in [7, 11) is 3.07. The highest BCUT2D eigenvalue weighted by Gasteiger charge is 2.11. The number of ether oxygens (including phenoxy) is 2. The molecule has 0 atom stereocenters. The number of carbonyl (C=O) groups excluding carboxylic acids is 1. The van der Waals surface area contributed by atoms with Gasteiger partial charge in [0.05, 0.1) is 6.54 Å². The maximum Gasteiger partial charge on any atom is 0.318 e. The summed E-state index contributed by atoms with van der Waals surface area (Å²) in [6.07, 6.45) is 8.44. The zero-order chi connectivity index (χ0) is 12.5. The molecule has 0 aromatic heterocycles. The standard InChI is InChI=1S/C12H22N2O3/c1-16-11(17-2)9-14-12(15)13-8-7-10-5-3-4-6-10/h7-8,10-11H,3-6,9H2,1-2H3,(H2,13,14,15)/b8-7+. The number of hydrogen-bond donors (Lipinski definition) is 2.